The van der Waals surface area contributed by atoms with E-state index in [1.54, 1.807) is 24.3 Å². The molecule has 106 valence electrons. The third-order valence-electron chi connectivity index (χ3n) is 3.14. The van der Waals surface area contributed by atoms with Crippen molar-refractivity contribution >= 4 is 16.9 Å². The molecule has 0 atom stereocenters. The number of fused-ring (bicyclic) bond motifs is 1. The molecule has 0 aliphatic rings. The summed E-state index contributed by atoms with van der Waals surface area (Å²) < 4.78 is 10.9. The average Bonchev–Trinajstić information content (AvgIpc) is 2.89. The molecule has 21 heavy (non-hydrogen) atoms. The number of carbonyl (C=O) groups is 1. The Morgan fingerprint density at radius 2 is 1.90 bits per heavy atom. The lowest BCUT2D eigenvalue weighted by Crippen LogP contribution is -1.97. The SMILES string of the molecule is O=C(O)c1cccc2c(COc3ccc(O)cc3)coc12. The number of benzene rings is 2. The highest BCUT2D eigenvalue weighted by molar-refractivity contribution is 6.01. The summed E-state index contributed by atoms with van der Waals surface area (Å²) in [6.07, 6.45) is 1.50. The van der Waals surface area contributed by atoms with E-state index >= 15 is 0 Å². The second kappa shape index (κ2) is 5.20. The molecule has 2 aromatic carbocycles. The van der Waals surface area contributed by atoms with E-state index in [0.29, 0.717) is 16.7 Å². The summed E-state index contributed by atoms with van der Waals surface area (Å²) in [6.45, 7) is 0.251. The predicted molar refractivity (Wildman–Crippen MR) is 75.6 cm³/mol. The van der Waals surface area contributed by atoms with Gasteiger partial charge in [-0.15, -0.1) is 0 Å². The van der Waals surface area contributed by atoms with Gasteiger partial charge in [0.25, 0.3) is 0 Å². The maximum Gasteiger partial charge on any atom is 0.339 e. The van der Waals surface area contributed by atoms with Crippen molar-refractivity contribution in [1.29, 1.82) is 0 Å². The quantitative estimate of drug-likeness (QED) is 0.767. The van der Waals surface area contributed by atoms with Crippen molar-refractivity contribution in [3.05, 3.63) is 59.9 Å². The molecule has 0 saturated heterocycles. The first-order chi connectivity index (χ1) is 10.1. The van der Waals surface area contributed by atoms with Crippen molar-refractivity contribution < 1.29 is 24.2 Å². The van der Waals surface area contributed by atoms with E-state index in [1.165, 1.54) is 24.5 Å². The lowest BCUT2D eigenvalue weighted by Gasteiger charge is -2.05. The Morgan fingerprint density at radius 1 is 1.14 bits per heavy atom. The van der Waals surface area contributed by atoms with Crippen LogP contribution in [0.15, 0.2) is 53.1 Å². The highest BCUT2D eigenvalue weighted by Crippen LogP contribution is 2.26. The first-order valence-corrected chi connectivity index (χ1v) is 6.29. The fourth-order valence-electron chi connectivity index (χ4n) is 2.09. The van der Waals surface area contributed by atoms with Crippen LogP contribution in [0.25, 0.3) is 11.0 Å². The van der Waals surface area contributed by atoms with Crippen LogP contribution in [0.2, 0.25) is 0 Å². The monoisotopic (exact) mass is 284 g/mol. The van der Waals surface area contributed by atoms with Gasteiger partial charge in [-0.1, -0.05) is 12.1 Å². The number of carboxylic acids is 1. The smallest absolute Gasteiger partial charge is 0.339 e. The Labute approximate surface area is 120 Å². The van der Waals surface area contributed by atoms with Crippen LogP contribution in [0.3, 0.4) is 0 Å². The molecule has 3 aromatic rings. The van der Waals surface area contributed by atoms with Crippen LogP contribution in [0, 0.1) is 0 Å². The minimum Gasteiger partial charge on any atom is -0.508 e. The minimum atomic E-state index is -1.03. The van der Waals surface area contributed by atoms with Crippen LogP contribution >= 0.6 is 0 Å². The zero-order chi connectivity index (χ0) is 14.8. The van der Waals surface area contributed by atoms with Crippen molar-refractivity contribution in [2.45, 2.75) is 6.61 Å². The van der Waals surface area contributed by atoms with Gasteiger partial charge in [0, 0.05) is 10.9 Å². The van der Waals surface area contributed by atoms with Crippen LogP contribution in [-0.4, -0.2) is 16.2 Å². The van der Waals surface area contributed by atoms with Gasteiger partial charge in [0.2, 0.25) is 0 Å². The summed E-state index contributed by atoms with van der Waals surface area (Å²) in [5.74, 6) is -0.250. The third-order valence-corrected chi connectivity index (χ3v) is 3.14. The zero-order valence-corrected chi connectivity index (χ0v) is 10.9. The Morgan fingerprint density at radius 3 is 2.62 bits per heavy atom. The van der Waals surface area contributed by atoms with E-state index in [0.717, 1.165) is 5.56 Å². The Hall–Kier alpha value is -2.95. The maximum atomic E-state index is 11.1. The van der Waals surface area contributed by atoms with Gasteiger partial charge in [0.05, 0.1) is 6.26 Å². The first-order valence-electron chi connectivity index (χ1n) is 6.29. The molecule has 0 unspecified atom stereocenters. The number of rotatable bonds is 4. The fourth-order valence-corrected chi connectivity index (χ4v) is 2.09. The number of aromatic carboxylic acids is 1. The number of phenolic OH excluding ortho intramolecular Hbond substituents is 1. The molecule has 1 aromatic heterocycles. The summed E-state index contributed by atoms with van der Waals surface area (Å²) in [6, 6.07) is 11.3. The van der Waals surface area contributed by atoms with Gasteiger partial charge >= 0.3 is 5.97 Å². The van der Waals surface area contributed by atoms with E-state index in [4.69, 9.17) is 14.3 Å². The van der Waals surface area contributed by atoms with E-state index in [2.05, 4.69) is 0 Å². The van der Waals surface area contributed by atoms with Crippen LogP contribution in [0.4, 0.5) is 0 Å². The summed E-state index contributed by atoms with van der Waals surface area (Å²) >= 11 is 0. The number of furan rings is 1. The zero-order valence-electron chi connectivity index (χ0n) is 10.9. The molecular formula is C16H12O5. The van der Waals surface area contributed by atoms with E-state index in [1.807, 2.05) is 0 Å². The van der Waals surface area contributed by atoms with Crippen LogP contribution in [-0.2, 0) is 6.61 Å². The normalized spacial score (nSPS) is 10.7. The van der Waals surface area contributed by atoms with E-state index in [9.17, 15) is 9.90 Å². The molecule has 0 spiro atoms. The van der Waals surface area contributed by atoms with Crippen molar-refractivity contribution in [2.24, 2.45) is 0 Å². The minimum absolute atomic E-state index is 0.128. The van der Waals surface area contributed by atoms with Gasteiger partial charge in [0.15, 0.2) is 0 Å². The van der Waals surface area contributed by atoms with Crippen molar-refractivity contribution in [3.8, 4) is 11.5 Å². The van der Waals surface area contributed by atoms with Crippen molar-refractivity contribution in [2.75, 3.05) is 0 Å². The molecular weight excluding hydrogens is 272 g/mol. The number of carboxylic acid groups (broad SMARTS) is 1. The highest BCUT2D eigenvalue weighted by Gasteiger charge is 2.14. The van der Waals surface area contributed by atoms with E-state index < -0.39 is 5.97 Å². The standard InChI is InChI=1S/C16H12O5/c17-11-4-6-12(7-5-11)20-8-10-9-21-15-13(10)2-1-3-14(15)16(18)19/h1-7,9,17H,8H2,(H,18,19). The molecule has 5 nitrogen and oxygen atoms in total. The Balaban J connectivity index is 1.86. The first kappa shape index (κ1) is 13.1. The molecule has 0 radical (unpaired) electrons. The van der Waals surface area contributed by atoms with Gasteiger partial charge in [-0.3, -0.25) is 0 Å². The van der Waals surface area contributed by atoms with Crippen molar-refractivity contribution in [1.82, 2.24) is 0 Å². The molecule has 0 amide bonds. The summed E-state index contributed by atoms with van der Waals surface area (Å²) in [7, 11) is 0. The largest absolute Gasteiger partial charge is 0.508 e. The van der Waals surface area contributed by atoms with E-state index in [-0.39, 0.29) is 17.9 Å². The van der Waals surface area contributed by atoms with Crippen LogP contribution in [0.1, 0.15) is 15.9 Å². The predicted octanol–water partition coefficient (Wildman–Crippen LogP) is 3.42. The maximum absolute atomic E-state index is 11.1. The number of ether oxygens (including phenoxy) is 1. The molecule has 1 heterocycles. The van der Waals surface area contributed by atoms with Gasteiger partial charge in [-0.05, 0) is 30.3 Å². The highest BCUT2D eigenvalue weighted by atomic mass is 16.5. The second-order valence-corrected chi connectivity index (χ2v) is 4.53. The van der Waals surface area contributed by atoms with Crippen molar-refractivity contribution in [3.63, 3.8) is 0 Å². The number of phenols is 1. The van der Waals surface area contributed by atoms with Gasteiger partial charge in [-0.2, -0.15) is 0 Å². The lowest BCUT2D eigenvalue weighted by molar-refractivity contribution is 0.0698. The van der Waals surface area contributed by atoms with Gasteiger partial charge in [0.1, 0.15) is 29.3 Å². The average molecular weight is 284 g/mol. The number of hydrogen-bond acceptors (Lipinski definition) is 4. The topological polar surface area (TPSA) is 79.9 Å². The molecule has 0 fully saturated rings. The molecule has 2 N–H and O–H groups in total. The molecule has 5 heteroatoms. The number of hydrogen-bond donors (Lipinski definition) is 2. The molecule has 0 saturated carbocycles. The molecule has 0 bridgehead atoms. The summed E-state index contributed by atoms with van der Waals surface area (Å²) in [5, 5.41) is 19.0. The van der Waals surface area contributed by atoms with Crippen LogP contribution < -0.4 is 4.74 Å². The summed E-state index contributed by atoms with van der Waals surface area (Å²) in [5.41, 5.74) is 1.24. The van der Waals surface area contributed by atoms with Gasteiger partial charge in [-0.25, -0.2) is 4.79 Å². The third kappa shape index (κ3) is 2.53. The summed E-state index contributed by atoms with van der Waals surface area (Å²) in [4.78, 5) is 11.1. The second-order valence-electron chi connectivity index (χ2n) is 4.53. The van der Waals surface area contributed by atoms with Gasteiger partial charge < -0.3 is 19.4 Å². The molecule has 3 rings (SSSR count). The number of para-hydroxylation sites is 1. The van der Waals surface area contributed by atoms with Crippen LogP contribution in [0.5, 0.6) is 11.5 Å². The number of aromatic hydroxyl groups is 1. The lowest BCUT2D eigenvalue weighted by atomic mass is 10.1. The molecule has 0 aliphatic heterocycles. The Bertz CT molecular complexity index is 786. The molecule has 0 aliphatic carbocycles. The Kier molecular flexibility index (Phi) is 3.23. The fraction of sp³-hybridized carbons (Fsp3) is 0.0625.